The number of nitrogens with two attached hydrogens (primary N) is 1. The molecule has 0 bridgehead atoms. The molecule has 7 amide bonds. The lowest BCUT2D eigenvalue weighted by molar-refractivity contribution is -0.119. The molecule has 0 radical (unpaired) electrons. The van der Waals surface area contributed by atoms with Gasteiger partial charge in [0.15, 0.2) is 0 Å². The number of carbonyl (C=O) groups is 7. The summed E-state index contributed by atoms with van der Waals surface area (Å²) in [6.07, 6.45) is -0.133. The Morgan fingerprint density at radius 2 is 1.00 bits per heavy atom. The van der Waals surface area contributed by atoms with Gasteiger partial charge in [0.05, 0.1) is 25.3 Å². The van der Waals surface area contributed by atoms with Crippen molar-refractivity contribution in [1.82, 2.24) is 21.3 Å². The largest absolute Gasteiger partial charge is 0.496 e. The van der Waals surface area contributed by atoms with Crippen molar-refractivity contribution in [2.75, 3.05) is 37.9 Å². The van der Waals surface area contributed by atoms with Gasteiger partial charge in [-0.2, -0.15) is 0 Å². The fourth-order valence-corrected chi connectivity index (χ4v) is 6.50. The van der Waals surface area contributed by atoms with E-state index in [9.17, 15) is 33.6 Å². The van der Waals surface area contributed by atoms with E-state index in [1.54, 1.807) is 20.8 Å². The van der Waals surface area contributed by atoms with E-state index in [0.29, 0.717) is 25.7 Å². The first-order valence-electron chi connectivity index (χ1n) is 22.0. The number of methoxy groups -OCH3 is 2. The van der Waals surface area contributed by atoms with Crippen molar-refractivity contribution >= 4 is 53.3 Å². The summed E-state index contributed by atoms with van der Waals surface area (Å²) in [5, 5.41) is 16.2. The number of ether oxygens (including phenoxy) is 5. The third-order valence-electron chi connectivity index (χ3n) is 9.88. The second-order valence-corrected chi connectivity index (χ2v) is 16.4. The van der Waals surface area contributed by atoms with Crippen LogP contribution in [0.5, 0.6) is 11.5 Å². The minimum absolute atomic E-state index is 0.0250. The van der Waals surface area contributed by atoms with E-state index < -0.39 is 59.6 Å². The molecule has 0 saturated carbocycles. The SMILES string of the molecule is COc1ccc(NC(=O)C(CCCCNC(=O)OCc2ccccc2)NC(=O)c2cc(NC(=O)C(CCCCNC(=O)OCc3ccccc3)NC(=O)OC(C)(C)C)ccc2OC)cc1C(N)=O. The van der Waals surface area contributed by atoms with Crippen LogP contribution in [-0.2, 0) is 37.0 Å². The Morgan fingerprint density at radius 1 is 0.559 bits per heavy atom. The van der Waals surface area contributed by atoms with E-state index >= 15 is 0 Å². The number of hydrogen-bond donors (Lipinski definition) is 7. The van der Waals surface area contributed by atoms with E-state index in [4.69, 9.17) is 29.4 Å². The Labute approximate surface area is 395 Å². The lowest BCUT2D eigenvalue weighted by Gasteiger charge is -2.23. The second kappa shape index (κ2) is 27.0. The first-order chi connectivity index (χ1) is 32.5. The number of primary amides is 1. The monoisotopic (exact) mass is 939 g/mol. The highest BCUT2D eigenvalue weighted by molar-refractivity contribution is 6.05. The van der Waals surface area contributed by atoms with Crippen molar-refractivity contribution in [3.63, 3.8) is 0 Å². The maximum Gasteiger partial charge on any atom is 0.408 e. The molecule has 4 rings (SSSR count). The number of anilines is 2. The zero-order valence-corrected chi connectivity index (χ0v) is 38.9. The Balaban J connectivity index is 1.44. The number of unbranched alkanes of at least 4 members (excludes halogenated alkanes) is 2. The molecule has 0 fully saturated rings. The molecule has 2 atom stereocenters. The van der Waals surface area contributed by atoms with Crippen LogP contribution >= 0.6 is 0 Å². The fraction of sp³-hybridized carbons (Fsp3) is 0.367. The third kappa shape index (κ3) is 18.6. The molecule has 4 aromatic rings. The number of alkyl carbamates (subject to hydrolysis) is 3. The van der Waals surface area contributed by atoms with Gasteiger partial charge in [-0.15, -0.1) is 0 Å². The lowest BCUT2D eigenvalue weighted by atomic mass is 10.1. The van der Waals surface area contributed by atoms with Crippen LogP contribution in [0.25, 0.3) is 0 Å². The molecule has 0 aliphatic carbocycles. The molecular weight excluding hydrogens is 879 g/mol. The van der Waals surface area contributed by atoms with Gasteiger partial charge in [0.2, 0.25) is 11.8 Å². The van der Waals surface area contributed by atoms with E-state index in [-0.39, 0.29) is 73.1 Å². The number of rotatable bonds is 24. The first-order valence-corrected chi connectivity index (χ1v) is 22.0. The predicted octanol–water partition coefficient (Wildman–Crippen LogP) is 6.57. The van der Waals surface area contributed by atoms with Gasteiger partial charge in [0, 0.05) is 24.5 Å². The normalized spacial score (nSPS) is 11.7. The van der Waals surface area contributed by atoms with Crippen LogP contribution < -0.4 is 47.1 Å². The molecule has 0 heterocycles. The van der Waals surface area contributed by atoms with Gasteiger partial charge in [0.1, 0.15) is 42.4 Å². The fourth-order valence-electron chi connectivity index (χ4n) is 6.50. The van der Waals surface area contributed by atoms with Gasteiger partial charge < -0.3 is 61.3 Å². The van der Waals surface area contributed by atoms with Gasteiger partial charge in [-0.1, -0.05) is 60.7 Å². The molecular formula is C49H61N7O12. The third-order valence-corrected chi connectivity index (χ3v) is 9.88. The smallest absolute Gasteiger partial charge is 0.408 e. The summed E-state index contributed by atoms with van der Waals surface area (Å²) in [4.78, 5) is 91.2. The zero-order valence-electron chi connectivity index (χ0n) is 38.9. The molecule has 8 N–H and O–H groups in total. The predicted molar refractivity (Wildman–Crippen MR) is 253 cm³/mol. The lowest BCUT2D eigenvalue weighted by Crippen LogP contribution is -2.46. The number of hydrogen-bond acceptors (Lipinski definition) is 12. The highest BCUT2D eigenvalue weighted by Crippen LogP contribution is 2.25. The second-order valence-electron chi connectivity index (χ2n) is 16.4. The van der Waals surface area contributed by atoms with Gasteiger partial charge in [-0.3, -0.25) is 19.2 Å². The molecule has 19 nitrogen and oxygen atoms in total. The average Bonchev–Trinajstić information content (AvgIpc) is 3.31. The van der Waals surface area contributed by atoms with Gasteiger partial charge in [-0.25, -0.2) is 14.4 Å². The molecule has 0 aromatic heterocycles. The molecule has 0 aliphatic heterocycles. The molecule has 0 aliphatic rings. The van der Waals surface area contributed by atoms with E-state index in [1.807, 2.05) is 60.7 Å². The summed E-state index contributed by atoms with van der Waals surface area (Å²) in [7, 11) is 2.72. The van der Waals surface area contributed by atoms with Gasteiger partial charge >= 0.3 is 18.3 Å². The Hall–Kier alpha value is -7.83. The maximum absolute atomic E-state index is 14.1. The quantitative estimate of drug-likeness (QED) is 0.0291. The Morgan fingerprint density at radius 3 is 1.44 bits per heavy atom. The maximum atomic E-state index is 14.1. The average molecular weight is 940 g/mol. The number of nitrogens with one attached hydrogen (secondary N) is 6. The molecule has 19 heteroatoms. The van der Waals surface area contributed by atoms with E-state index in [1.165, 1.54) is 50.6 Å². The molecule has 364 valence electrons. The zero-order chi connectivity index (χ0) is 49.5. The molecule has 0 saturated heterocycles. The summed E-state index contributed by atoms with van der Waals surface area (Å²) in [6, 6.07) is 24.8. The molecule has 68 heavy (non-hydrogen) atoms. The van der Waals surface area contributed by atoms with Crippen LogP contribution in [0.3, 0.4) is 0 Å². The van der Waals surface area contributed by atoms with Crippen molar-refractivity contribution in [2.45, 2.75) is 90.2 Å². The van der Waals surface area contributed by atoms with Crippen LogP contribution in [-0.4, -0.2) is 86.9 Å². The molecule has 2 unspecified atom stereocenters. The van der Waals surface area contributed by atoms with Crippen molar-refractivity contribution < 1.29 is 57.2 Å². The van der Waals surface area contributed by atoms with Crippen molar-refractivity contribution in [1.29, 1.82) is 0 Å². The van der Waals surface area contributed by atoms with Crippen LogP contribution in [0.2, 0.25) is 0 Å². The van der Waals surface area contributed by atoms with Crippen LogP contribution in [0.1, 0.15) is 91.1 Å². The van der Waals surface area contributed by atoms with E-state index in [0.717, 1.165) is 11.1 Å². The van der Waals surface area contributed by atoms with Gasteiger partial charge in [-0.05, 0) is 107 Å². The number of carbonyl (C=O) groups excluding carboxylic acids is 7. The highest BCUT2D eigenvalue weighted by atomic mass is 16.6. The topological polar surface area (TPSA) is 264 Å². The molecule has 0 spiro atoms. The van der Waals surface area contributed by atoms with Crippen LogP contribution in [0, 0.1) is 0 Å². The summed E-state index contributed by atoms with van der Waals surface area (Å²) in [5.41, 5.74) is 6.72. The summed E-state index contributed by atoms with van der Waals surface area (Å²) >= 11 is 0. The Kier molecular flexibility index (Phi) is 20.9. The minimum Gasteiger partial charge on any atom is -0.496 e. The summed E-state index contributed by atoms with van der Waals surface area (Å²) in [5.74, 6) is -2.44. The summed E-state index contributed by atoms with van der Waals surface area (Å²) < 4.78 is 26.6. The van der Waals surface area contributed by atoms with Crippen LogP contribution in [0.15, 0.2) is 97.1 Å². The van der Waals surface area contributed by atoms with Crippen molar-refractivity contribution in [2.24, 2.45) is 5.73 Å². The summed E-state index contributed by atoms with van der Waals surface area (Å²) in [6.45, 7) is 5.73. The van der Waals surface area contributed by atoms with Gasteiger partial charge in [0.25, 0.3) is 11.8 Å². The first kappa shape index (κ1) is 52.8. The van der Waals surface area contributed by atoms with Crippen molar-refractivity contribution in [3.05, 3.63) is 119 Å². The van der Waals surface area contributed by atoms with Crippen molar-refractivity contribution in [3.8, 4) is 11.5 Å². The standard InChI is InChI=1S/C49H61N7O12/c1-49(2,3)68-48(63)56-39(21-13-15-27-52-47(62)67-31-33-18-10-7-11-19-33)45(60)54-35-23-25-41(65-5)37(29-35)43(58)55-38(44(59)53-34-22-24-40(64-4)36(28-34)42(50)57)20-12-14-26-51-46(61)66-30-32-16-8-6-9-17-32/h6-11,16-19,22-25,28-29,38-39H,12-15,20-21,26-27,30-31H2,1-5H3,(H2,50,57)(H,51,61)(H,52,62)(H,53,59)(H,54,60)(H,55,58)(H,56,63). The Bertz CT molecular complexity index is 2320. The number of benzene rings is 4. The van der Waals surface area contributed by atoms with E-state index in [2.05, 4.69) is 31.9 Å². The minimum atomic E-state index is -1.16. The molecule has 4 aromatic carbocycles. The highest BCUT2D eigenvalue weighted by Gasteiger charge is 2.27. The number of amides is 7. The van der Waals surface area contributed by atoms with Crippen LogP contribution in [0.4, 0.5) is 25.8 Å².